The number of carbonyl (C=O) groups excluding carboxylic acids is 1. The molecule has 3 heterocycles. The molecule has 1 unspecified atom stereocenters. The second-order valence-electron chi connectivity index (χ2n) is 6.99. The second-order valence-corrected chi connectivity index (χ2v) is 8.02. The van der Waals surface area contributed by atoms with Crippen molar-refractivity contribution in [1.82, 2.24) is 20.0 Å². The molecule has 0 saturated carbocycles. The maximum atomic E-state index is 11.9. The molecule has 2 aliphatic heterocycles. The third-order valence-corrected chi connectivity index (χ3v) is 5.86. The molecule has 0 aromatic carbocycles. The molecule has 1 amide bonds. The average Bonchev–Trinajstić information content (AvgIpc) is 3.35. The highest BCUT2D eigenvalue weighted by molar-refractivity contribution is 7.09. The Morgan fingerprint density at radius 3 is 2.84 bits per heavy atom. The number of likely N-dealkylation sites (N-methyl/N-ethyl adjacent to an activating group) is 1. The van der Waals surface area contributed by atoms with Crippen molar-refractivity contribution in [2.75, 3.05) is 46.8 Å². The molecule has 2 aliphatic rings. The number of amides is 1. The van der Waals surface area contributed by atoms with E-state index in [4.69, 9.17) is 0 Å². The summed E-state index contributed by atoms with van der Waals surface area (Å²) in [5, 5.41) is 5.55. The van der Waals surface area contributed by atoms with Gasteiger partial charge in [0, 0.05) is 38.1 Å². The molecule has 7 heteroatoms. The summed E-state index contributed by atoms with van der Waals surface area (Å²) < 4.78 is 0. The maximum Gasteiger partial charge on any atom is 0.243 e. The van der Waals surface area contributed by atoms with Crippen LogP contribution in [-0.2, 0) is 11.3 Å². The lowest BCUT2D eigenvalue weighted by molar-refractivity contribution is -0.127. The Bertz CT molecular complexity index is 580. The summed E-state index contributed by atoms with van der Waals surface area (Å²) in [5.74, 6) is 0.899. The van der Waals surface area contributed by atoms with Crippen LogP contribution in [0.5, 0.6) is 0 Å². The standard InChI is InChI=1S/C18H29N5OS/c1-21(2)17(24)13-20-18(19-12-16-6-5-11-25-16)23-10-7-15(14-23)22-8-3-4-9-22/h5-6,11,15H,3-4,7-10,12-14H2,1-2H3,(H,19,20). The van der Waals surface area contributed by atoms with E-state index >= 15 is 0 Å². The lowest BCUT2D eigenvalue weighted by atomic mass is 10.2. The molecular formula is C18H29N5OS. The summed E-state index contributed by atoms with van der Waals surface area (Å²) in [6.45, 7) is 5.43. The minimum atomic E-state index is 0.0331. The van der Waals surface area contributed by atoms with Gasteiger partial charge in [0.25, 0.3) is 0 Å². The van der Waals surface area contributed by atoms with Crippen LogP contribution < -0.4 is 5.32 Å². The van der Waals surface area contributed by atoms with Crippen molar-refractivity contribution < 1.29 is 4.79 Å². The molecule has 0 bridgehead atoms. The maximum absolute atomic E-state index is 11.9. The van der Waals surface area contributed by atoms with Crippen molar-refractivity contribution in [2.24, 2.45) is 4.99 Å². The summed E-state index contributed by atoms with van der Waals surface area (Å²) >= 11 is 1.74. The summed E-state index contributed by atoms with van der Waals surface area (Å²) in [5.41, 5.74) is 0. The molecule has 138 valence electrons. The number of aliphatic imine (C=N–C) groups is 1. The lowest BCUT2D eigenvalue weighted by Gasteiger charge is -2.25. The fourth-order valence-corrected chi connectivity index (χ4v) is 4.11. The van der Waals surface area contributed by atoms with Gasteiger partial charge in [-0.2, -0.15) is 0 Å². The van der Waals surface area contributed by atoms with Crippen LogP contribution in [0.25, 0.3) is 0 Å². The lowest BCUT2D eigenvalue weighted by Crippen LogP contribution is -2.43. The SMILES string of the molecule is CN(C)C(=O)CN=C(NCc1cccs1)N1CCC(N2CCCC2)C1. The average molecular weight is 364 g/mol. The van der Waals surface area contributed by atoms with Gasteiger partial charge in [0.05, 0.1) is 6.54 Å². The van der Waals surface area contributed by atoms with Gasteiger partial charge >= 0.3 is 0 Å². The third-order valence-electron chi connectivity index (χ3n) is 4.98. The number of hydrogen-bond donors (Lipinski definition) is 1. The van der Waals surface area contributed by atoms with Crippen LogP contribution in [0.2, 0.25) is 0 Å². The van der Waals surface area contributed by atoms with Gasteiger partial charge in [0.15, 0.2) is 5.96 Å². The fourth-order valence-electron chi connectivity index (χ4n) is 3.47. The number of thiophene rings is 1. The van der Waals surface area contributed by atoms with E-state index in [1.807, 2.05) is 0 Å². The minimum absolute atomic E-state index is 0.0331. The van der Waals surface area contributed by atoms with Crippen molar-refractivity contribution in [1.29, 1.82) is 0 Å². The Morgan fingerprint density at radius 1 is 1.36 bits per heavy atom. The first-order valence-corrected chi connectivity index (χ1v) is 10.0. The van der Waals surface area contributed by atoms with Gasteiger partial charge in [-0.1, -0.05) is 6.07 Å². The fraction of sp³-hybridized carbons (Fsp3) is 0.667. The van der Waals surface area contributed by atoms with Crippen LogP contribution in [0.15, 0.2) is 22.5 Å². The number of hydrogen-bond acceptors (Lipinski definition) is 4. The number of likely N-dealkylation sites (tertiary alicyclic amines) is 2. The summed E-state index contributed by atoms with van der Waals surface area (Å²) in [6, 6.07) is 4.81. The molecule has 0 radical (unpaired) electrons. The zero-order chi connectivity index (χ0) is 17.6. The number of rotatable bonds is 5. The number of nitrogens with one attached hydrogen (secondary N) is 1. The van der Waals surface area contributed by atoms with E-state index in [1.54, 1.807) is 30.3 Å². The molecule has 1 N–H and O–H groups in total. The van der Waals surface area contributed by atoms with Crippen LogP contribution in [0.3, 0.4) is 0 Å². The molecule has 1 aromatic heterocycles. The molecule has 0 aliphatic carbocycles. The van der Waals surface area contributed by atoms with E-state index in [9.17, 15) is 4.79 Å². The molecular weight excluding hydrogens is 334 g/mol. The second kappa shape index (κ2) is 8.67. The monoisotopic (exact) mass is 363 g/mol. The Morgan fingerprint density at radius 2 is 2.16 bits per heavy atom. The van der Waals surface area contributed by atoms with Crippen molar-refractivity contribution in [3.8, 4) is 0 Å². The van der Waals surface area contributed by atoms with E-state index in [2.05, 4.69) is 37.6 Å². The highest BCUT2D eigenvalue weighted by Crippen LogP contribution is 2.20. The first-order valence-electron chi connectivity index (χ1n) is 9.13. The molecule has 25 heavy (non-hydrogen) atoms. The highest BCUT2D eigenvalue weighted by atomic mass is 32.1. The Balaban J connectivity index is 1.62. The third kappa shape index (κ3) is 4.95. The molecule has 6 nitrogen and oxygen atoms in total. The first-order chi connectivity index (χ1) is 12.1. The summed E-state index contributed by atoms with van der Waals surface area (Å²) in [4.78, 5) is 24.4. The van der Waals surface area contributed by atoms with Gasteiger partial charge in [0.2, 0.25) is 5.91 Å². The molecule has 2 fully saturated rings. The van der Waals surface area contributed by atoms with Crippen LogP contribution in [-0.4, -0.2) is 79.4 Å². The van der Waals surface area contributed by atoms with Gasteiger partial charge in [-0.15, -0.1) is 11.3 Å². The Kier molecular flexibility index (Phi) is 6.31. The van der Waals surface area contributed by atoms with Crippen molar-refractivity contribution in [2.45, 2.75) is 31.8 Å². The molecule has 3 rings (SSSR count). The van der Waals surface area contributed by atoms with E-state index in [0.717, 1.165) is 25.6 Å². The largest absolute Gasteiger partial charge is 0.351 e. The summed E-state index contributed by atoms with van der Waals surface area (Å²) in [6.07, 6.45) is 3.83. The molecule has 2 saturated heterocycles. The van der Waals surface area contributed by atoms with E-state index in [1.165, 1.54) is 37.2 Å². The molecule has 1 atom stereocenters. The predicted molar refractivity (Wildman–Crippen MR) is 103 cm³/mol. The van der Waals surface area contributed by atoms with Gasteiger partial charge in [0.1, 0.15) is 6.54 Å². The van der Waals surface area contributed by atoms with Crippen LogP contribution in [0, 0.1) is 0 Å². The van der Waals surface area contributed by atoms with Crippen LogP contribution in [0.1, 0.15) is 24.1 Å². The van der Waals surface area contributed by atoms with E-state index in [-0.39, 0.29) is 12.5 Å². The van der Waals surface area contributed by atoms with E-state index in [0.29, 0.717) is 6.04 Å². The topological polar surface area (TPSA) is 51.2 Å². The first kappa shape index (κ1) is 18.2. The van der Waals surface area contributed by atoms with Gasteiger partial charge < -0.3 is 15.1 Å². The zero-order valence-corrected chi connectivity index (χ0v) is 16.1. The number of carbonyl (C=O) groups is 1. The van der Waals surface area contributed by atoms with Crippen molar-refractivity contribution in [3.63, 3.8) is 0 Å². The number of guanidine groups is 1. The van der Waals surface area contributed by atoms with Crippen molar-refractivity contribution in [3.05, 3.63) is 22.4 Å². The Labute approximate surface area is 154 Å². The summed E-state index contributed by atoms with van der Waals surface area (Å²) in [7, 11) is 3.55. The smallest absolute Gasteiger partial charge is 0.243 e. The Hall–Kier alpha value is -1.60. The zero-order valence-electron chi connectivity index (χ0n) is 15.3. The number of nitrogens with zero attached hydrogens (tertiary/aromatic N) is 4. The quantitative estimate of drug-likeness (QED) is 0.636. The van der Waals surface area contributed by atoms with Gasteiger partial charge in [-0.25, -0.2) is 4.99 Å². The molecule has 1 aromatic rings. The minimum Gasteiger partial charge on any atom is -0.351 e. The van der Waals surface area contributed by atoms with Crippen LogP contribution >= 0.6 is 11.3 Å². The normalized spacial score (nSPS) is 21.8. The van der Waals surface area contributed by atoms with Crippen molar-refractivity contribution >= 4 is 23.2 Å². The van der Waals surface area contributed by atoms with Crippen LogP contribution in [0.4, 0.5) is 0 Å². The molecule has 0 spiro atoms. The highest BCUT2D eigenvalue weighted by Gasteiger charge is 2.30. The van der Waals surface area contributed by atoms with Gasteiger partial charge in [-0.3, -0.25) is 9.69 Å². The van der Waals surface area contributed by atoms with E-state index < -0.39 is 0 Å². The van der Waals surface area contributed by atoms with Gasteiger partial charge in [-0.05, 0) is 43.8 Å². The predicted octanol–water partition coefficient (Wildman–Crippen LogP) is 1.45.